The normalized spacial score (nSPS) is 12.7. The molecule has 0 saturated carbocycles. The SMILES string of the molecule is CC(c1cccc(F)c1)c1cccs1. The van der Waals surface area contributed by atoms with Crippen molar-refractivity contribution in [3.63, 3.8) is 0 Å². The van der Waals surface area contributed by atoms with Crippen LogP contribution in [0.2, 0.25) is 0 Å². The molecule has 1 unspecified atom stereocenters. The molecule has 1 aromatic heterocycles. The van der Waals surface area contributed by atoms with Gasteiger partial charge in [0.05, 0.1) is 0 Å². The first kappa shape index (κ1) is 9.41. The van der Waals surface area contributed by atoms with Crippen molar-refractivity contribution in [2.45, 2.75) is 12.8 Å². The molecule has 72 valence electrons. The average Bonchev–Trinajstić information content (AvgIpc) is 2.69. The topological polar surface area (TPSA) is 0 Å². The van der Waals surface area contributed by atoms with Crippen LogP contribution in [0.3, 0.4) is 0 Å². The number of halogens is 1. The zero-order chi connectivity index (χ0) is 9.97. The molecule has 0 fully saturated rings. The maximum atomic E-state index is 13.0. The number of rotatable bonds is 2. The van der Waals surface area contributed by atoms with Gasteiger partial charge >= 0.3 is 0 Å². The Labute approximate surface area is 87.0 Å². The maximum Gasteiger partial charge on any atom is 0.123 e. The van der Waals surface area contributed by atoms with Gasteiger partial charge in [0.2, 0.25) is 0 Å². The van der Waals surface area contributed by atoms with Gasteiger partial charge in [0.1, 0.15) is 5.82 Å². The summed E-state index contributed by atoms with van der Waals surface area (Å²) < 4.78 is 13.0. The number of benzene rings is 1. The van der Waals surface area contributed by atoms with Crippen LogP contribution >= 0.6 is 11.3 Å². The van der Waals surface area contributed by atoms with E-state index in [1.165, 1.54) is 10.9 Å². The summed E-state index contributed by atoms with van der Waals surface area (Å²) in [6.07, 6.45) is 0. The summed E-state index contributed by atoms with van der Waals surface area (Å²) in [4.78, 5) is 1.27. The first-order chi connectivity index (χ1) is 6.77. The van der Waals surface area contributed by atoms with E-state index in [9.17, 15) is 4.39 Å². The van der Waals surface area contributed by atoms with Gasteiger partial charge in [-0.2, -0.15) is 0 Å². The predicted molar refractivity (Wildman–Crippen MR) is 58.2 cm³/mol. The highest BCUT2D eigenvalue weighted by molar-refractivity contribution is 7.10. The molecule has 0 bridgehead atoms. The molecule has 1 heterocycles. The van der Waals surface area contributed by atoms with Gasteiger partial charge in [0, 0.05) is 10.8 Å². The molecule has 1 aromatic carbocycles. The molecule has 1 atom stereocenters. The summed E-state index contributed by atoms with van der Waals surface area (Å²) in [5.41, 5.74) is 1.03. The van der Waals surface area contributed by atoms with E-state index in [1.807, 2.05) is 17.5 Å². The smallest absolute Gasteiger partial charge is 0.123 e. The van der Waals surface area contributed by atoms with Crippen LogP contribution in [0, 0.1) is 5.82 Å². The van der Waals surface area contributed by atoms with Crippen LogP contribution in [0.1, 0.15) is 23.3 Å². The van der Waals surface area contributed by atoms with E-state index in [4.69, 9.17) is 0 Å². The molecule has 0 N–H and O–H groups in total. The van der Waals surface area contributed by atoms with E-state index >= 15 is 0 Å². The van der Waals surface area contributed by atoms with Crippen molar-refractivity contribution in [2.24, 2.45) is 0 Å². The molecular weight excluding hydrogens is 195 g/mol. The Balaban J connectivity index is 2.32. The summed E-state index contributed by atoms with van der Waals surface area (Å²) in [7, 11) is 0. The Morgan fingerprint density at radius 3 is 2.71 bits per heavy atom. The Hall–Kier alpha value is -1.15. The molecule has 2 heteroatoms. The van der Waals surface area contributed by atoms with Crippen molar-refractivity contribution in [1.82, 2.24) is 0 Å². The molecule has 2 aromatic rings. The summed E-state index contributed by atoms with van der Waals surface area (Å²) in [6, 6.07) is 10.9. The van der Waals surface area contributed by atoms with Gasteiger partial charge in [0.25, 0.3) is 0 Å². The number of hydrogen-bond donors (Lipinski definition) is 0. The Morgan fingerprint density at radius 1 is 1.21 bits per heavy atom. The van der Waals surface area contributed by atoms with Crippen LogP contribution in [0.15, 0.2) is 41.8 Å². The second kappa shape index (κ2) is 3.93. The van der Waals surface area contributed by atoms with E-state index in [0.29, 0.717) is 0 Å². The average molecular weight is 206 g/mol. The van der Waals surface area contributed by atoms with Crippen molar-refractivity contribution in [3.05, 3.63) is 58.0 Å². The minimum atomic E-state index is -0.161. The molecule has 0 amide bonds. The van der Waals surface area contributed by atoms with Crippen LogP contribution in [-0.4, -0.2) is 0 Å². The van der Waals surface area contributed by atoms with Crippen molar-refractivity contribution in [3.8, 4) is 0 Å². The molecule has 0 aliphatic carbocycles. The lowest BCUT2D eigenvalue weighted by Crippen LogP contribution is -1.93. The highest BCUT2D eigenvalue weighted by atomic mass is 32.1. The van der Waals surface area contributed by atoms with Gasteiger partial charge in [-0.25, -0.2) is 4.39 Å². The van der Waals surface area contributed by atoms with Crippen molar-refractivity contribution in [1.29, 1.82) is 0 Å². The largest absolute Gasteiger partial charge is 0.207 e. The van der Waals surface area contributed by atoms with Gasteiger partial charge in [0.15, 0.2) is 0 Å². The first-order valence-corrected chi connectivity index (χ1v) is 5.44. The summed E-state index contributed by atoms with van der Waals surface area (Å²) in [6.45, 7) is 2.10. The summed E-state index contributed by atoms with van der Waals surface area (Å²) in [5, 5.41) is 2.05. The van der Waals surface area contributed by atoms with Gasteiger partial charge < -0.3 is 0 Å². The molecule has 0 aliphatic heterocycles. The minimum absolute atomic E-state index is 0.161. The standard InChI is InChI=1S/C12H11FS/c1-9(12-6-3-7-14-12)10-4-2-5-11(13)8-10/h2-9H,1H3. The fourth-order valence-electron chi connectivity index (χ4n) is 1.48. The van der Waals surface area contributed by atoms with Crippen LogP contribution in [-0.2, 0) is 0 Å². The lowest BCUT2D eigenvalue weighted by atomic mass is 10.00. The van der Waals surface area contributed by atoms with E-state index in [0.717, 1.165) is 5.56 Å². The van der Waals surface area contributed by atoms with E-state index in [2.05, 4.69) is 13.0 Å². The van der Waals surface area contributed by atoms with Crippen molar-refractivity contribution in [2.75, 3.05) is 0 Å². The molecule has 0 aliphatic rings. The van der Waals surface area contributed by atoms with Gasteiger partial charge in [-0.05, 0) is 29.1 Å². The maximum absolute atomic E-state index is 13.0. The molecular formula is C12H11FS. The van der Waals surface area contributed by atoms with Crippen LogP contribution < -0.4 is 0 Å². The minimum Gasteiger partial charge on any atom is -0.207 e. The molecule has 0 saturated heterocycles. The summed E-state index contributed by atoms with van der Waals surface area (Å²) >= 11 is 1.71. The lowest BCUT2D eigenvalue weighted by molar-refractivity contribution is 0.624. The van der Waals surface area contributed by atoms with Crippen LogP contribution in [0.25, 0.3) is 0 Å². The second-order valence-corrected chi connectivity index (χ2v) is 4.27. The van der Waals surface area contributed by atoms with E-state index < -0.39 is 0 Å². The Bertz CT molecular complexity index is 406. The third-order valence-corrected chi connectivity index (χ3v) is 3.37. The summed E-state index contributed by atoms with van der Waals surface area (Å²) in [5.74, 6) is 0.122. The highest BCUT2D eigenvalue weighted by Gasteiger charge is 2.09. The quantitative estimate of drug-likeness (QED) is 0.695. The third-order valence-electron chi connectivity index (χ3n) is 2.32. The molecule has 0 spiro atoms. The lowest BCUT2D eigenvalue weighted by Gasteiger charge is -2.09. The van der Waals surface area contributed by atoms with Gasteiger partial charge in [-0.15, -0.1) is 11.3 Å². The van der Waals surface area contributed by atoms with Crippen molar-refractivity contribution >= 4 is 11.3 Å². The zero-order valence-electron chi connectivity index (χ0n) is 7.91. The van der Waals surface area contributed by atoms with Crippen molar-refractivity contribution < 1.29 is 4.39 Å². The molecule has 2 rings (SSSR count). The van der Waals surface area contributed by atoms with E-state index in [-0.39, 0.29) is 11.7 Å². The highest BCUT2D eigenvalue weighted by Crippen LogP contribution is 2.27. The second-order valence-electron chi connectivity index (χ2n) is 3.29. The van der Waals surface area contributed by atoms with Crippen LogP contribution in [0.5, 0.6) is 0 Å². The molecule has 0 nitrogen and oxygen atoms in total. The predicted octanol–water partition coefficient (Wildman–Crippen LogP) is 4.04. The molecule has 0 radical (unpaired) electrons. The fraction of sp³-hybridized carbons (Fsp3) is 0.167. The molecule has 14 heavy (non-hydrogen) atoms. The Morgan fingerprint density at radius 2 is 2.07 bits per heavy atom. The number of thiophene rings is 1. The Kier molecular flexibility index (Phi) is 2.64. The third kappa shape index (κ3) is 1.85. The fourth-order valence-corrected chi connectivity index (χ4v) is 2.29. The van der Waals surface area contributed by atoms with Gasteiger partial charge in [-0.3, -0.25) is 0 Å². The number of hydrogen-bond acceptors (Lipinski definition) is 1. The van der Waals surface area contributed by atoms with Gasteiger partial charge in [-0.1, -0.05) is 25.1 Å². The van der Waals surface area contributed by atoms with Crippen LogP contribution in [0.4, 0.5) is 4.39 Å². The first-order valence-electron chi connectivity index (χ1n) is 4.56. The van der Waals surface area contributed by atoms with E-state index in [1.54, 1.807) is 23.5 Å². The zero-order valence-corrected chi connectivity index (χ0v) is 8.72. The monoisotopic (exact) mass is 206 g/mol.